The van der Waals surface area contributed by atoms with Gasteiger partial charge in [-0.25, -0.2) is 0 Å². The molecular formula is C18H17NO6S. The van der Waals surface area contributed by atoms with E-state index in [2.05, 4.69) is 6.58 Å². The quantitative estimate of drug-likeness (QED) is 0.484. The van der Waals surface area contributed by atoms with Crippen LogP contribution < -0.4 is 0 Å². The van der Waals surface area contributed by atoms with Gasteiger partial charge in [0.05, 0.1) is 10.8 Å². The lowest BCUT2D eigenvalue weighted by Gasteiger charge is -2.06. The van der Waals surface area contributed by atoms with E-state index in [0.717, 1.165) is 11.1 Å². The zero-order valence-electron chi connectivity index (χ0n) is 13.6. The van der Waals surface area contributed by atoms with Gasteiger partial charge in [-0.3, -0.25) is 19.3 Å². The molecule has 1 fully saturated rings. The fourth-order valence-electron chi connectivity index (χ4n) is 2.34. The van der Waals surface area contributed by atoms with Gasteiger partial charge in [-0.1, -0.05) is 55.1 Å². The molecule has 1 atom stereocenters. The summed E-state index contributed by atoms with van der Waals surface area (Å²) >= 11 is 0. The van der Waals surface area contributed by atoms with Crippen molar-refractivity contribution in [3.05, 3.63) is 72.3 Å². The van der Waals surface area contributed by atoms with Crippen molar-refractivity contribution < 1.29 is 27.8 Å². The van der Waals surface area contributed by atoms with E-state index in [0.29, 0.717) is 0 Å². The molecule has 1 aliphatic rings. The Hall–Kier alpha value is -2.81. The zero-order valence-corrected chi connectivity index (χ0v) is 14.5. The molecule has 0 saturated carbocycles. The van der Waals surface area contributed by atoms with Crippen molar-refractivity contribution in [3.8, 4) is 0 Å². The van der Waals surface area contributed by atoms with Gasteiger partial charge < -0.3 is 0 Å². The summed E-state index contributed by atoms with van der Waals surface area (Å²) in [6, 6.07) is 14.8. The van der Waals surface area contributed by atoms with E-state index >= 15 is 0 Å². The lowest BCUT2D eigenvalue weighted by Crippen LogP contribution is -2.26. The summed E-state index contributed by atoms with van der Waals surface area (Å²) in [4.78, 5) is 22.3. The third-order valence-corrected chi connectivity index (χ3v) is 4.61. The van der Waals surface area contributed by atoms with E-state index in [1.807, 2.05) is 6.07 Å². The molecular weight excluding hydrogens is 358 g/mol. The van der Waals surface area contributed by atoms with E-state index < -0.39 is 27.9 Å². The summed E-state index contributed by atoms with van der Waals surface area (Å²) in [5.74, 6) is -1.60. The number of benzene rings is 2. The average Bonchev–Trinajstić information content (AvgIpc) is 2.90. The van der Waals surface area contributed by atoms with Crippen LogP contribution in [0.5, 0.6) is 0 Å². The molecule has 2 amide bonds. The summed E-state index contributed by atoms with van der Waals surface area (Å²) in [6.07, 6.45) is 1.65. The number of carbonyl (C=O) groups is 2. The second-order valence-electron chi connectivity index (χ2n) is 5.46. The highest BCUT2D eigenvalue weighted by Crippen LogP contribution is 2.27. The van der Waals surface area contributed by atoms with Crippen molar-refractivity contribution in [1.29, 1.82) is 0 Å². The molecule has 2 N–H and O–H groups in total. The Labute approximate surface area is 150 Å². The molecule has 1 unspecified atom stereocenters. The molecule has 26 heavy (non-hydrogen) atoms. The van der Waals surface area contributed by atoms with E-state index in [9.17, 15) is 18.0 Å². The van der Waals surface area contributed by atoms with Crippen molar-refractivity contribution in [1.82, 2.24) is 5.06 Å². The van der Waals surface area contributed by atoms with Crippen LogP contribution >= 0.6 is 0 Å². The smallest absolute Gasteiger partial charge is 0.282 e. The number of hydroxylamine groups is 2. The molecule has 0 spiro atoms. The first-order chi connectivity index (χ1) is 12.2. The Morgan fingerprint density at radius 1 is 1.04 bits per heavy atom. The standard InChI is InChI=1S/C10H9NO3.C8H8O3S/c12-9-6-8(10(13)11(9)14)7-4-2-1-3-5-7;1-2-7-3-5-8(6-4-7)12(9,10)11/h1-5,8,14H,6H2;2-6H,1H2,(H,9,10,11). The van der Waals surface area contributed by atoms with E-state index in [1.54, 1.807) is 42.5 Å². The van der Waals surface area contributed by atoms with Crippen LogP contribution in [0.4, 0.5) is 0 Å². The molecule has 1 heterocycles. The second-order valence-corrected chi connectivity index (χ2v) is 6.88. The largest absolute Gasteiger partial charge is 0.294 e. The van der Waals surface area contributed by atoms with Crippen LogP contribution in [0.2, 0.25) is 0 Å². The topological polar surface area (TPSA) is 112 Å². The molecule has 0 radical (unpaired) electrons. The molecule has 2 aromatic rings. The second kappa shape index (κ2) is 8.05. The molecule has 0 bridgehead atoms. The fourth-order valence-corrected chi connectivity index (χ4v) is 2.82. The van der Waals surface area contributed by atoms with Crippen molar-refractivity contribution in [3.63, 3.8) is 0 Å². The Morgan fingerprint density at radius 2 is 1.62 bits per heavy atom. The molecule has 3 rings (SSSR count). The zero-order chi connectivity index (χ0) is 19.3. The van der Waals surface area contributed by atoms with Gasteiger partial charge in [0.2, 0.25) is 0 Å². The minimum Gasteiger partial charge on any atom is -0.282 e. The minimum atomic E-state index is -4.06. The number of amides is 2. The van der Waals surface area contributed by atoms with Gasteiger partial charge in [-0.15, -0.1) is 0 Å². The summed E-state index contributed by atoms with van der Waals surface area (Å²) in [6.45, 7) is 3.51. The highest BCUT2D eigenvalue weighted by Gasteiger charge is 2.38. The maximum absolute atomic E-state index is 11.4. The fraction of sp³-hybridized carbons (Fsp3) is 0.111. The monoisotopic (exact) mass is 375 g/mol. The summed E-state index contributed by atoms with van der Waals surface area (Å²) in [5.41, 5.74) is 1.57. The Bertz CT molecular complexity index is 906. The average molecular weight is 375 g/mol. The Balaban J connectivity index is 0.000000190. The van der Waals surface area contributed by atoms with Crippen LogP contribution in [0.1, 0.15) is 23.5 Å². The number of nitrogens with zero attached hydrogens (tertiary/aromatic N) is 1. The first kappa shape index (κ1) is 19.5. The van der Waals surface area contributed by atoms with Crippen LogP contribution in [0.15, 0.2) is 66.1 Å². The van der Waals surface area contributed by atoms with Gasteiger partial charge >= 0.3 is 0 Å². The number of imide groups is 1. The summed E-state index contributed by atoms with van der Waals surface area (Å²) in [7, 11) is -4.06. The normalized spacial score (nSPS) is 16.8. The van der Waals surface area contributed by atoms with Crippen LogP contribution in [-0.2, 0) is 19.7 Å². The number of hydrogen-bond donors (Lipinski definition) is 2. The first-order valence-corrected chi connectivity index (χ1v) is 8.98. The van der Waals surface area contributed by atoms with Gasteiger partial charge in [0.15, 0.2) is 0 Å². The maximum Gasteiger partial charge on any atom is 0.294 e. The predicted octanol–water partition coefficient (Wildman–Crippen LogP) is 2.49. The van der Waals surface area contributed by atoms with E-state index in [-0.39, 0.29) is 16.4 Å². The summed E-state index contributed by atoms with van der Waals surface area (Å²) in [5, 5.41) is 9.24. The van der Waals surface area contributed by atoms with Gasteiger partial charge in [0.1, 0.15) is 0 Å². The molecule has 136 valence electrons. The molecule has 0 aromatic heterocycles. The minimum absolute atomic E-state index is 0.0549. The SMILES string of the molecule is C=Cc1ccc(S(=O)(=O)O)cc1.O=C1CC(c2ccccc2)C(=O)N1O. The highest BCUT2D eigenvalue weighted by molar-refractivity contribution is 7.85. The lowest BCUT2D eigenvalue weighted by atomic mass is 9.98. The van der Waals surface area contributed by atoms with Crippen molar-refractivity contribution in [2.45, 2.75) is 17.2 Å². The molecule has 1 saturated heterocycles. The lowest BCUT2D eigenvalue weighted by molar-refractivity contribution is -0.171. The third-order valence-electron chi connectivity index (χ3n) is 3.74. The van der Waals surface area contributed by atoms with Crippen molar-refractivity contribution in [2.24, 2.45) is 0 Å². The van der Waals surface area contributed by atoms with Crippen LogP contribution in [0, 0.1) is 0 Å². The first-order valence-electron chi connectivity index (χ1n) is 7.54. The van der Waals surface area contributed by atoms with Crippen molar-refractivity contribution in [2.75, 3.05) is 0 Å². The van der Waals surface area contributed by atoms with Crippen LogP contribution in [0.3, 0.4) is 0 Å². The molecule has 2 aromatic carbocycles. The van der Waals surface area contributed by atoms with Gasteiger partial charge in [-0.2, -0.15) is 13.5 Å². The molecule has 8 heteroatoms. The van der Waals surface area contributed by atoms with Crippen LogP contribution in [0.25, 0.3) is 6.08 Å². The highest BCUT2D eigenvalue weighted by atomic mass is 32.2. The maximum atomic E-state index is 11.4. The van der Waals surface area contributed by atoms with Crippen molar-refractivity contribution >= 4 is 28.0 Å². The van der Waals surface area contributed by atoms with Gasteiger partial charge in [0, 0.05) is 6.42 Å². The van der Waals surface area contributed by atoms with Gasteiger partial charge in [-0.05, 0) is 23.3 Å². The third kappa shape index (κ3) is 4.63. The number of hydrogen-bond acceptors (Lipinski definition) is 5. The molecule has 1 aliphatic heterocycles. The Kier molecular flexibility index (Phi) is 6.04. The van der Waals surface area contributed by atoms with Crippen LogP contribution in [-0.4, -0.2) is 35.1 Å². The summed E-state index contributed by atoms with van der Waals surface area (Å²) < 4.78 is 29.7. The Morgan fingerprint density at radius 3 is 2.04 bits per heavy atom. The number of rotatable bonds is 3. The predicted molar refractivity (Wildman–Crippen MR) is 93.8 cm³/mol. The number of carbonyl (C=O) groups excluding carboxylic acids is 2. The van der Waals surface area contributed by atoms with E-state index in [4.69, 9.17) is 9.76 Å². The van der Waals surface area contributed by atoms with Gasteiger partial charge in [0.25, 0.3) is 21.9 Å². The molecule has 0 aliphatic carbocycles. The van der Waals surface area contributed by atoms with E-state index in [1.165, 1.54) is 12.1 Å². The molecule has 7 nitrogen and oxygen atoms in total.